The summed E-state index contributed by atoms with van der Waals surface area (Å²) in [6.45, 7) is 6.36. The normalized spacial score (nSPS) is 11.8. The van der Waals surface area contributed by atoms with Crippen molar-refractivity contribution in [2.24, 2.45) is 0 Å². The van der Waals surface area contributed by atoms with Gasteiger partial charge in [0, 0.05) is 20.5 Å². The number of nitrogens with zero attached hydrogens (tertiary/aromatic N) is 1. The highest BCUT2D eigenvalue weighted by Gasteiger charge is 2.19. The summed E-state index contributed by atoms with van der Waals surface area (Å²) in [5.41, 5.74) is 2.12. The van der Waals surface area contributed by atoms with Crippen LogP contribution in [0.2, 0.25) is 0 Å². The fourth-order valence-electron chi connectivity index (χ4n) is 2.15. The molecule has 4 heteroatoms. The molecule has 1 atom stereocenters. The first-order valence-corrected chi connectivity index (χ1v) is 7.51. The third-order valence-electron chi connectivity index (χ3n) is 3.51. The van der Waals surface area contributed by atoms with E-state index in [9.17, 15) is 9.59 Å². The minimum absolute atomic E-state index is 0.0581. The van der Waals surface area contributed by atoms with E-state index in [0.717, 1.165) is 30.5 Å². The Morgan fingerprint density at radius 2 is 1.86 bits per heavy atom. The molecule has 21 heavy (non-hydrogen) atoms. The Morgan fingerprint density at radius 3 is 2.38 bits per heavy atom. The number of unbranched alkanes of at least 4 members (excludes halogenated alkanes) is 1. The van der Waals surface area contributed by atoms with Gasteiger partial charge < -0.3 is 10.2 Å². The van der Waals surface area contributed by atoms with Gasteiger partial charge in [-0.25, -0.2) is 0 Å². The summed E-state index contributed by atoms with van der Waals surface area (Å²) in [6, 6.07) is 7.66. The summed E-state index contributed by atoms with van der Waals surface area (Å²) in [5.74, 6) is -0.0626. The van der Waals surface area contributed by atoms with E-state index >= 15 is 0 Å². The Morgan fingerprint density at radius 1 is 1.24 bits per heavy atom. The zero-order chi connectivity index (χ0) is 15.8. The number of carbonyl (C=O) groups is 2. The zero-order valence-electron chi connectivity index (χ0n) is 13.5. The molecule has 0 spiro atoms. The molecule has 0 saturated heterocycles. The molecule has 1 rings (SSSR count). The van der Waals surface area contributed by atoms with Crippen LogP contribution in [0, 0.1) is 6.92 Å². The molecule has 0 radical (unpaired) electrons. The monoisotopic (exact) mass is 290 g/mol. The summed E-state index contributed by atoms with van der Waals surface area (Å²) in [4.78, 5) is 25.4. The SMILES string of the molecule is CCCCN(C)C(=O)CC(NC(C)=O)c1ccc(C)cc1. The lowest BCUT2D eigenvalue weighted by Gasteiger charge is -2.22. The van der Waals surface area contributed by atoms with E-state index in [-0.39, 0.29) is 17.9 Å². The van der Waals surface area contributed by atoms with Crippen LogP contribution in [-0.2, 0) is 9.59 Å². The fourth-order valence-corrected chi connectivity index (χ4v) is 2.15. The molecule has 0 bridgehead atoms. The highest BCUT2D eigenvalue weighted by molar-refractivity contribution is 5.79. The Hall–Kier alpha value is -1.84. The first-order valence-electron chi connectivity index (χ1n) is 7.51. The van der Waals surface area contributed by atoms with Crippen LogP contribution in [0.25, 0.3) is 0 Å². The molecule has 0 heterocycles. The summed E-state index contributed by atoms with van der Waals surface area (Å²) in [5, 5.41) is 2.87. The molecule has 1 N–H and O–H groups in total. The molecule has 0 saturated carbocycles. The summed E-state index contributed by atoms with van der Waals surface area (Å²) >= 11 is 0. The van der Waals surface area contributed by atoms with Crippen LogP contribution < -0.4 is 5.32 Å². The van der Waals surface area contributed by atoms with Crippen molar-refractivity contribution in [3.63, 3.8) is 0 Å². The first-order chi connectivity index (χ1) is 9.93. The Bertz CT molecular complexity index is 468. The lowest BCUT2D eigenvalue weighted by atomic mass is 10.0. The molecule has 0 aliphatic heterocycles. The molecule has 1 aromatic rings. The molecule has 0 fully saturated rings. The van der Waals surface area contributed by atoms with E-state index < -0.39 is 0 Å². The van der Waals surface area contributed by atoms with Gasteiger partial charge in [-0.15, -0.1) is 0 Å². The van der Waals surface area contributed by atoms with Crippen molar-refractivity contribution < 1.29 is 9.59 Å². The van der Waals surface area contributed by atoms with Crippen molar-refractivity contribution in [3.05, 3.63) is 35.4 Å². The van der Waals surface area contributed by atoms with Crippen molar-refractivity contribution in [1.29, 1.82) is 0 Å². The van der Waals surface area contributed by atoms with Gasteiger partial charge in [-0.3, -0.25) is 9.59 Å². The van der Waals surface area contributed by atoms with Crippen LogP contribution in [0.4, 0.5) is 0 Å². The second-order valence-electron chi connectivity index (χ2n) is 5.54. The lowest BCUT2D eigenvalue weighted by Crippen LogP contribution is -2.34. The molecule has 1 aromatic carbocycles. The van der Waals surface area contributed by atoms with Gasteiger partial charge in [0.2, 0.25) is 11.8 Å². The van der Waals surface area contributed by atoms with E-state index in [2.05, 4.69) is 12.2 Å². The Kier molecular flexibility index (Phi) is 6.92. The van der Waals surface area contributed by atoms with Gasteiger partial charge in [0.15, 0.2) is 0 Å². The summed E-state index contributed by atoms with van der Waals surface area (Å²) in [6.07, 6.45) is 2.35. The third kappa shape index (κ3) is 5.98. The van der Waals surface area contributed by atoms with E-state index in [1.54, 1.807) is 4.90 Å². The van der Waals surface area contributed by atoms with Crippen molar-refractivity contribution in [3.8, 4) is 0 Å². The van der Waals surface area contributed by atoms with Crippen molar-refractivity contribution in [1.82, 2.24) is 10.2 Å². The second-order valence-corrected chi connectivity index (χ2v) is 5.54. The van der Waals surface area contributed by atoms with E-state index in [4.69, 9.17) is 0 Å². The van der Waals surface area contributed by atoms with Crippen LogP contribution in [0.3, 0.4) is 0 Å². The van der Waals surface area contributed by atoms with Crippen molar-refractivity contribution >= 4 is 11.8 Å². The standard InChI is InChI=1S/C17H26N2O2/c1-5-6-11-19(4)17(21)12-16(18-14(3)20)15-9-7-13(2)8-10-15/h7-10,16H,5-6,11-12H2,1-4H3,(H,18,20). The van der Waals surface area contributed by atoms with Crippen LogP contribution in [0.15, 0.2) is 24.3 Å². The third-order valence-corrected chi connectivity index (χ3v) is 3.51. The lowest BCUT2D eigenvalue weighted by molar-refractivity contribution is -0.130. The summed E-state index contributed by atoms with van der Waals surface area (Å²) < 4.78 is 0. The topological polar surface area (TPSA) is 49.4 Å². The maximum atomic E-state index is 12.3. The smallest absolute Gasteiger partial charge is 0.224 e. The number of amides is 2. The van der Waals surface area contributed by atoms with Gasteiger partial charge in [0.1, 0.15) is 0 Å². The van der Waals surface area contributed by atoms with Gasteiger partial charge in [-0.2, -0.15) is 0 Å². The maximum Gasteiger partial charge on any atom is 0.224 e. The molecule has 2 amide bonds. The molecule has 1 unspecified atom stereocenters. The van der Waals surface area contributed by atoms with Crippen LogP contribution >= 0.6 is 0 Å². The van der Waals surface area contributed by atoms with Gasteiger partial charge in [0.25, 0.3) is 0 Å². The fraction of sp³-hybridized carbons (Fsp3) is 0.529. The second kappa shape index (κ2) is 8.45. The largest absolute Gasteiger partial charge is 0.349 e. The molecular weight excluding hydrogens is 264 g/mol. The number of carbonyl (C=O) groups excluding carboxylic acids is 2. The van der Waals surface area contributed by atoms with Crippen LogP contribution in [0.5, 0.6) is 0 Å². The van der Waals surface area contributed by atoms with Gasteiger partial charge >= 0.3 is 0 Å². The average molecular weight is 290 g/mol. The van der Waals surface area contributed by atoms with Gasteiger partial charge in [-0.05, 0) is 18.9 Å². The van der Waals surface area contributed by atoms with Gasteiger partial charge in [0.05, 0.1) is 12.5 Å². The molecule has 116 valence electrons. The summed E-state index contributed by atoms with van der Waals surface area (Å²) in [7, 11) is 1.82. The van der Waals surface area contributed by atoms with Crippen LogP contribution in [-0.4, -0.2) is 30.3 Å². The number of nitrogens with one attached hydrogen (secondary N) is 1. The van der Waals surface area contributed by atoms with Crippen LogP contribution in [0.1, 0.15) is 50.3 Å². The quantitative estimate of drug-likeness (QED) is 0.839. The number of rotatable bonds is 7. The van der Waals surface area contributed by atoms with Gasteiger partial charge in [-0.1, -0.05) is 43.2 Å². The highest BCUT2D eigenvalue weighted by Crippen LogP contribution is 2.18. The highest BCUT2D eigenvalue weighted by atomic mass is 16.2. The first kappa shape index (κ1) is 17.2. The van der Waals surface area contributed by atoms with Crippen molar-refractivity contribution in [2.75, 3.05) is 13.6 Å². The van der Waals surface area contributed by atoms with E-state index in [1.807, 2.05) is 38.2 Å². The number of aryl methyl sites for hydroxylation is 1. The molecular formula is C17H26N2O2. The molecule has 0 aliphatic carbocycles. The Balaban J connectivity index is 2.76. The van der Waals surface area contributed by atoms with E-state index in [0.29, 0.717) is 6.42 Å². The minimum atomic E-state index is -0.264. The predicted molar refractivity (Wildman–Crippen MR) is 84.9 cm³/mol. The Labute approximate surface area is 127 Å². The van der Waals surface area contributed by atoms with Crippen molar-refractivity contribution in [2.45, 2.75) is 46.1 Å². The average Bonchev–Trinajstić information content (AvgIpc) is 2.44. The molecule has 0 aromatic heterocycles. The van der Waals surface area contributed by atoms with E-state index in [1.165, 1.54) is 6.92 Å². The predicted octanol–water partition coefficient (Wildman–Crippen LogP) is 2.82. The maximum absolute atomic E-state index is 12.3. The molecule has 0 aliphatic rings. The minimum Gasteiger partial charge on any atom is -0.349 e. The zero-order valence-corrected chi connectivity index (χ0v) is 13.5. The number of benzene rings is 1. The number of hydrogen-bond donors (Lipinski definition) is 1. The molecule has 4 nitrogen and oxygen atoms in total. The number of hydrogen-bond acceptors (Lipinski definition) is 2.